The van der Waals surface area contributed by atoms with Crippen molar-refractivity contribution in [1.29, 1.82) is 0 Å². The van der Waals surface area contributed by atoms with E-state index in [0.29, 0.717) is 0 Å². The van der Waals surface area contributed by atoms with E-state index in [1.165, 1.54) is 0 Å². The molecule has 7 heteroatoms. The van der Waals surface area contributed by atoms with Crippen molar-refractivity contribution >= 4 is 0 Å². The Kier molecular flexibility index (Phi) is 11.9. The van der Waals surface area contributed by atoms with E-state index < -0.39 is 25.7 Å². The Balaban J connectivity index is 0. The Morgan fingerprint density at radius 1 is 0.882 bits per heavy atom. The second-order valence-corrected chi connectivity index (χ2v) is 4.40. The first kappa shape index (κ1) is 19.6. The van der Waals surface area contributed by atoms with Gasteiger partial charge in [-0.1, -0.05) is 0 Å². The average Bonchev–Trinajstić information content (AvgIpc) is 1.97. The van der Waals surface area contributed by atoms with Crippen LogP contribution in [-0.2, 0) is 37.0 Å². The molecule has 0 aliphatic rings. The molecule has 0 amide bonds. The number of ether oxygens (including phenoxy) is 3. The van der Waals surface area contributed by atoms with Crippen molar-refractivity contribution < 1.29 is 45.8 Å². The van der Waals surface area contributed by atoms with Gasteiger partial charge in [-0.25, -0.2) is 0 Å². The van der Waals surface area contributed by atoms with Crippen molar-refractivity contribution in [2.45, 2.75) is 66.0 Å². The number of aliphatic hydroxyl groups is 1. The van der Waals surface area contributed by atoms with Gasteiger partial charge in [-0.15, -0.1) is 0 Å². The molecule has 17 heavy (non-hydrogen) atoms. The fourth-order valence-corrected chi connectivity index (χ4v) is 0.977. The maximum atomic E-state index is 9.86. The van der Waals surface area contributed by atoms with Crippen LogP contribution in [0.5, 0.6) is 0 Å². The summed E-state index contributed by atoms with van der Waals surface area (Å²) in [6, 6.07) is 0. The zero-order valence-corrected chi connectivity index (χ0v) is 12.8. The Labute approximate surface area is 112 Å². The van der Waals surface area contributed by atoms with E-state index in [9.17, 15) is 5.11 Å². The maximum absolute atomic E-state index is 9.86. The van der Waals surface area contributed by atoms with Gasteiger partial charge in [0, 0.05) is 0 Å². The zero-order valence-electron chi connectivity index (χ0n) is 11.3. The molecular weight excluding hydrogens is 264 g/mol. The molecule has 0 bridgehead atoms. The van der Waals surface area contributed by atoms with Gasteiger partial charge in [0.15, 0.2) is 0 Å². The Morgan fingerprint density at radius 3 is 1.18 bits per heavy atom. The van der Waals surface area contributed by atoms with Gasteiger partial charge in [-0.05, 0) is 41.5 Å². The summed E-state index contributed by atoms with van der Waals surface area (Å²) in [6.45, 7) is 10.8. The van der Waals surface area contributed by atoms with Crippen LogP contribution in [0.3, 0.4) is 0 Å². The molecule has 0 spiro atoms. The molecule has 0 saturated heterocycles. The van der Waals surface area contributed by atoms with Crippen LogP contribution in [0.4, 0.5) is 0 Å². The predicted molar refractivity (Wildman–Crippen MR) is 56.5 cm³/mol. The van der Waals surface area contributed by atoms with Crippen molar-refractivity contribution in [1.82, 2.24) is 0 Å². The molecule has 0 aliphatic heterocycles. The van der Waals surface area contributed by atoms with Gasteiger partial charge in [-0.2, -0.15) is 0 Å². The van der Waals surface area contributed by atoms with E-state index in [2.05, 4.69) is 0 Å². The SMILES string of the molecule is CC(C)OC(O)(OC(C)C)OC(C)C.[O]=[Ti][OH]. The Hall–Kier alpha value is 0.314. The molecule has 0 aromatic heterocycles. The van der Waals surface area contributed by atoms with Gasteiger partial charge in [0.1, 0.15) is 0 Å². The topological polar surface area (TPSA) is 85.2 Å². The first-order valence-corrected chi connectivity index (χ1v) is 6.77. The molecule has 0 rings (SSSR count). The third-order valence-corrected chi connectivity index (χ3v) is 1.15. The second-order valence-electron chi connectivity index (χ2n) is 4.11. The molecule has 0 atom stereocenters. The third kappa shape index (κ3) is 14.3. The summed E-state index contributed by atoms with van der Waals surface area (Å²) in [5, 5.41) is 9.86. The van der Waals surface area contributed by atoms with Crippen LogP contribution < -0.4 is 0 Å². The summed E-state index contributed by atoms with van der Waals surface area (Å²) in [4.78, 5) is 0. The summed E-state index contributed by atoms with van der Waals surface area (Å²) < 4.78 is 31.3. The normalized spacial score (nSPS) is 11.5. The molecule has 0 aromatic carbocycles. The van der Waals surface area contributed by atoms with E-state index >= 15 is 0 Å². The van der Waals surface area contributed by atoms with Gasteiger partial charge in [0.05, 0.1) is 18.3 Å². The van der Waals surface area contributed by atoms with E-state index in [0.717, 1.165) is 0 Å². The van der Waals surface area contributed by atoms with E-state index in [-0.39, 0.29) is 18.3 Å². The van der Waals surface area contributed by atoms with Crippen molar-refractivity contribution in [3.63, 3.8) is 0 Å². The molecule has 0 fully saturated rings. The fraction of sp³-hybridized carbons (Fsp3) is 1.00. The fourth-order valence-electron chi connectivity index (χ4n) is 0.977. The molecule has 0 aliphatic carbocycles. The van der Waals surface area contributed by atoms with Crippen LogP contribution in [0.15, 0.2) is 0 Å². The first-order chi connectivity index (χ1) is 7.66. The molecule has 103 valence electrons. The molecule has 0 aromatic rings. The number of hydrogen-bond acceptors (Lipinski definition) is 5. The molecular formula is C10H23O6Ti. The Bertz CT molecular complexity index is 169. The van der Waals surface area contributed by atoms with Gasteiger partial charge in [0.25, 0.3) is 0 Å². The third-order valence-electron chi connectivity index (χ3n) is 1.15. The molecule has 0 radical (unpaired) electrons. The predicted octanol–water partition coefficient (Wildman–Crippen LogP) is 1.19. The van der Waals surface area contributed by atoms with E-state index in [1.54, 1.807) is 41.5 Å². The van der Waals surface area contributed by atoms with Crippen LogP contribution in [-0.4, -0.2) is 33.3 Å². The summed E-state index contributed by atoms with van der Waals surface area (Å²) >= 11 is -1.75. The minimum absolute atomic E-state index is 0.169. The summed E-state index contributed by atoms with van der Waals surface area (Å²) in [7, 11) is 0. The van der Waals surface area contributed by atoms with Crippen molar-refractivity contribution in [3.05, 3.63) is 0 Å². The van der Waals surface area contributed by atoms with Crippen molar-refractivity contribution in [2.24, 2.45) is 0 Å². The molecule has 0 heterocycles. The summed E-state index contributed by atoms with van der Waals surface area (Å²) in [6.07, 6.45) is -2.44. The van der Waals surface area contributed by atoms with Gasteiger partial charge < -0.3 is 19.3 Å². The average molecular weight is 287 g/mol. The van der Waals surface area contributed by atoms with Crippen LogP contribution in [0.25, 0.3) is 0 Å². The van der Waals surface area contributed by atoms with Crippen molar-refractivity contribution in [2.75, 3.05) is 0 Å². The standard InChI is InChI=1S/C10H22O4.H2O.O.Ti/c1-7(2)12-10(11,13-8(3)4)14-9(5)6;;;/h7-9,11H,1-6H3;1H2;;/q;;;+1/p-1. The van der Waals surface area contributed by atoms with Crippen molar-refractivity contribution in [3.8, 4) is 0 Å². The van der Waals surface area contributed by atoms with E-state index in [1.807, 2.05) is 0 Å². The van der Waals surface area contributed by atoms with E-state index in [4.69, 9.17) is 21.2 Å². The molecule has 0 unspecified atom stereocenters. The zero-order chi connectivity index (χ0) is 14.1. The number of rotatable bonds is 6. The van der Waals surface area contributed by atoms with Crippen LogP contribution >= 0.6 is 0 Å². The number of hydrogen-bond donors (Lipinski definition) is 2. The monoisotopic (exact) mass is 287 g/mol. The van der Waals surface area contributed by atoms with Gasteiger partial charge in [0.2, 0.25) is 0 Å². The van der Waals surface area contributed by atoms with Crippen LogP contribution in [0.1, 0.15) is 41.5 Å². The minimum atomic E-state index is -1.93. The second kappa shape index (κ2) is 10.3. The molecule has 0 saturated carbocycles. The Morgan fingerprint density at radius 2 is 1.06 bits per heavy atom. The van der Waals surface area contributed by atoms with Gasteiger partial charge >= 0.3 is 32.7 Å². The van der Waals surface area contributed by atoms with Crippen LogP contribution in [0.2, 0.25) is 0 Å². The molecule has 2 N–H and O–H groups in total. The van der Waals surface area contributed by atoms with Crippen LogP contribution in [0, 0.1) is 0 Å². The quantitative estimate of drug-likeness (QED) is 0.564. The molecule has 6 nitrogen and oxygen atoms in total. The first-order valence-electron chi connectivity index (χ1n) is 5.43. The summed E-state index contributed by atoms with van der Waals surface area (Å²) in [5.74, 6) is 0. The van der Waals surface area contributed by atoms with Gasteiger partial charge in [-0.3, -0.25) is 0 Å². The summed E-state index contributed by atoms with van der Waals surface area (Å²) in [5.41, 5.74) is 0.